The van der Waals surface area contributed by atoms with Crippen LogP contribution in [0.3, 0.4) is 0 Å². The number of hydrogen-bond acceptors (Lipinski definition) is 8. The fourth-order valence-electron chi connectivity index (χ4n) is 1.53. The Morgan fingerprint density at radius 2 is 1.14 bits per heavy atom. The molecule has 22 heavy (non-hydrogen) atoms. The maximum atomic E-state index is 10.5. The number of unbranched alkanes of at least 4 members (excludes halogenated alkanes) is 5. The Morgan fingerprint density at radius 1 is 0.727 bits per heavy atom. The predicted octanol–water partition coefficient (Wildman–Crippen LogP) is -2.07. The molecule has 0 aromatic rings. The van der Waals surface area contributed by atoms with E-state index in [-0.39, 0.29) is 0 Å². The monoisotopic (exact) mass is 326 g/mol. The molecule has 8 heteroatoms. The quantitative estimate of drug-likeness (QED) is 0.202. The van der Waals surface area contributed by atoms with E-state index in [1.807, 2.05) is 0 Å². The van der Waals surface area contributed by atoms with Crippen LogP contribution in [0.2, 0.25) is 0 Å². The molecule has 0 aromatic carbocycles. The highest BCUT2D eigenvalue weighted by Gasteiger charge is 2.28. The van der Waals surface area contributed by atoms with Gasteiger partial charge in [0.1, 0.15) is 24.9 Å². The lowest BCUT2D eigenvalue weighted by molar-refractivity contribution is -0.142. The standard InChI is InChI=1S/C8H18O2.C6H12O6/c9-7-5-3-1-2-4-6-8-10;7-1-3(9)5(11)6(12)4(10)2-8/h9-10H,1-8H2;3,5-9,11-12H,1-2H2/t;3-,5+,6+/m.1/s1. The van der Waals surface area contributed by atoms with E-state index in [9.17, 15) is 4.79 Å². The first-order valence-corrected chi connectivity index (χ1v) is 7.46. The highest BCUT2D eigenvalue weighted by molar-refractivity contribution is 5.84. The van der Waals surface area contributed by atoms with Gasteiger partial charge in [0.2, 0.25) is 0 Å². The Labute approximate surface area is 130 Å². The Kier molecular flexibility index (Phi) is 18.0. The summed E-state index contributed by atoms with van der Waals surface area (Å²) in [5.41, 5.74) is 0. The molecule has 0 radical (unpaired) electrons. The second kappa shape index (κ2) is 16.8. The average molecular weight is 326 g/mol. The SMILES string of the molecule is O=C(CO)[C@H](O)[C@@H](O)[C@H](O)CO.OCCCCCCCCO. The van der Waals surface area contributed by atoms with Crippen LogP contribution in [0.15, 0.2) is 0 Å². The zero-order valence-electron chi connectivity index (χ0n) is 12.8. The molecule has 0 saturated heterocycles. The largest absolute Gasteiger partial charge is 0.396 e. The first kappa shape index (κ1) is 23.7. The second-order valence-corrected chi connectivity index (χ2v) is 4.88. The minimum absolute atomic E-state index is 0.319. The van der Waals surface area contributed by atoms with Gasteiger partial charge in [-0.05, 0) is 12.8 Å². The van der Waals surface area contributed by atoms with E-state index in [2.05, 4.69) is 0 Å². The Hall–Kier alpha value is -0.610. The zero-order valence-corrected chi connectivity index (χ0v) is 12.8. The summed E-state index contributed by atoms with van der Waals surface area (Å²) >= 11 is 0. The van der Waals surface area contributed by atoms with Crippen LogP contribution < -0.4 is 0 Å². The Balaban J connectivity index is 0. The molecule has 134 valence electrons. The summed E-state index contributed by atoms with van der Waals surface area (Å²) in [5, 5.41) is 59.9. The molecular weight excluding hydrogens is 296 g/mol. The van der Waals surface area contributed by atoms with Crippen molar-refractivity contribution in [3.8, 4) is 0 Å². The number of ketones is 1. The molecular formula is C14H30O8. The number of carbonyl (C=O) groups is 1. The molecule has 0 spiro atoms. The molecule has 8 nitrogen and oxygen atoms in total. The molecule has 0 aromatic heterocycles. The highest BCUT2D eigenvalue weighted by atomic mass is 16.4. The predicted molar refractivity (Wildman–Crippen MR) is 79.1 cm³/mol. The molecule has 0 aliphatic heterocycles. The van der Waals surface area contributed by atoms with Crippen molar-refractivity contribution in [1.82, 2.24) is 0 Å². The number of aliphatic hydroxyl groups excluding tert-OH is 7. The van der Waals surface area contributed by atoms with E-state index in [1.54, 1.807) is 0 Å². The number of Topliss-reactive ketones (excluding diaryl/α,β-unsaturated/α-hetero) is 1. The van der Waals surface area contributed by atoms with Crippen molar-refractivity contribution in [2.75, 3.05) is 26.4 Å². The van der Waals surface area contributed by atoms with Gasteiger partial charge in [0.15, 0.2) is 5.78 Å². The molecule has 0 aliphatic carbocycles. The number of carbonyl (C=O) groups excluding carboxylic acids is 1. The fourth-order valence-corrected chi connectivity index (χ4v) is 1.53. The van der Waals surface area contributed by atoms with E-state index in [1.165, 1.54) is 12.8 Å². The first-order valence-electron chi connectivity index (χ1n) is 7.46. The van der Waals surface area contributed by atoms with Gasteiger partial charge in [-0.15, -0.1) is 0 Å². The number of hydrogen-bond donors (Lipinski definition) is 7. The topological polar surface area (TPSA) is 159 Å². The molecule has 3 atom stereocenters. The summed E-state index contributed by atoms with van der Waals surface area (Å²) < 4.78 is 0. The highest BCUT2D eigenvalue weighted by Crippen LogP contribution is 2.04. The van der Waals surface area contributed by atoms with E-state index >= 15 is 0 Å². The molecule has 0 fully saturated rings. The lowest BCUT2D eigenvalue weighted by Gasteiger charge is -2.19. The normalized spacial score (nSPS) is 14.7. The summed E-state index contributed by atoms with van der Waals surface area (Å²) in [6.45, 7) is -1.05. The first-order chi connectivity index (χ1) is 10.5. The van der Waals surface area contributed by atoms with Crippen LogP contribution in [0.1, 0.15) is 38.5 Å². The van der Waals surface area contributed by atoms with Gasteiger partial charge in [-0.1, -0.05) is 25.7 Å². The van der Waals surface area contributed by atoms with Crippen LogP contribution in [-0.4, -0.2) is 86.3 Å². The van der Waals surface area contributed by atoms with E-state index in [0.29, 0.717) is 13.2 Å². The van der Waals surface area contributed by atoms with Crippen molar-refractivity contribution < 1.29 is 40.5 Å². The number of rotatable bonds is 12. The molecule has 0 saturated carbocycles. The lowest BCUT2D eigenvalue weighted by Crippen LogP contribution is -2.44. The molecule has 0 heterocycles. The average Bonchev–Trinajstić information content (AvgIpc) is 2.55. The maximum Gasteiger partial charge on any atom is 0.189 e. The second-order valence-electron chi connectivity index (χ2n) is 4.88. The summed E-state index contributed by atoms with van der Waals surface area (Å²) in [4.78, 5) is 10.5. The third-order valence-corrected chi connectivity index (χ3v) is 2.96. The van der Waals surface area contributed by atoms with Crippen molar-refractivity contribution in [3.05, 3.63) is 0 Å². The third-order valence-electron chi connectivity index (χ3n) is 2.96. The van der Waals surface area contributed by atoms with Crippen LogP contribution >= 0.6 is 0 Å². The molecule has 0 unspecified atom stereocenters. The minimum Gasteiger partial charge on any atom is -0.396 e. The van der Waals surface area contributed by atoms with Crippen LogP contribution in [0.25, 0.3) is 0 Å². The fraction of sp³-hybridized carbons (Fsp3) is 0.929. The van der Waals surface area contributed by atoms with E-state index in [0.717, 1.165) is 25.7 Å². The van der Waals surface area contributed by atoms with Gasteiger partial charge < -0.3 is 35.7 Å². The van der Waals surface area contributed by atoms with Gasteiger partial charge in [0, 0.05) is 13.2 Å². The molecule has 0 rings (SSSR count). The summed E-state index contributed by atoms with van der Waals surface area (Å²) in [6.07, 6.45) is 1.28. The third kappa shape index (κ3) is 13.1. The van der Waals surface area contributed by atoms with Crippen LogP contribution in [0.5, 0.6) is 0 Å². The summed E-state index contributed by atoms with van der Waals surface area (Å²) in [6, 6.07) is 0. The lowest BCUT2D eigenvalue weighted by atomic mass is 10.1. The summed E-state index contributed by atoms with van der Waals surface area (Å²) in [7, 11) is 0. The van der Waals surface area contributed by atoms with Gasteiger partial charge >= 0.3 is 0 Å². The van der Waals surface area contributed by atoms with Crippen molar-refractivity contribution in [1.29, 1.82) is 0 Å². The van der Waals surface area contributed by atoms with Crippen LogP contribution in [0, 0.1) is 0 Å². The molecule has 0 aliphatic rings. The van der Waals surface area contributed by atoms with Crippen molar-refractivity contribution in [2.24, 2.45) is 0 Å². The number of aliphatic hydroxyl groups is 7. The molecule has 7 N–H and O–H groups in total. The van der Waals surface area contributed by atoms with Gasteiger partial charge in [-0.2, -0.15) is 0 Å². The van der Waals surface area contributed by atoms with Crippen LogP contribution in [-0.2, 0) is 4.79 Å². The zero-order chi connectivity index (χ0) is 17.4. The Morgan fingerprint density at radius 3 is 1.45 bits per heavy atom. The van der Waals surface area contributed by atoms with E-state index < -0.39 is 37.3 Å². The van der Waals surface area contributed by atoms with Gasteiger partial charge in [-0.3, -0.25) is 4.79 Å². The van der Waals surface area contributed by atoms with Crippen molar-refractivity contribution in [3.63, 3.8) is 0 Å². The Bertz CT molecular complexity index is 241. The summed E-state index contributed by atoms with van der Waals surface area (Å²) in [5.74, 6) is -1.00. The van der Waals surface area contributed by atoms with Gasteiger partial charge in [0.25, 0.3) is 0 Å². The minimum atomic E-state index is -1.86. The smallest absolute Gasteiger partial charge is 0.189 e. The van der Waals surface area contributed by atoms with Crippen LogP contribution in [0.4, 0.5) is 0 Å². The van der Waals surface area contributed by atoms with Crippen molar-refractivity contribution >= 4 is 5.78 Å². The van der Waals surface area contributed by atoms with Gasteiger partial charge in [-0.25, -0.2) is 0 Å². The maximum absolute atomic E-state index is 10.5. The molecule has 0 amide bonds. The van der Waals surface area contributed by atoms with E-state index in [4.69, 9.17) is 35.7 Å². The molecule has 0 bridgehead atoms. The van der Waals surface area contributed by atoms with Crippen molar-refractivity contribution in [2.45, 2.75) is 56.8 Å². The van der Waals surface area contributed by atoms with Gasteiger partial charge in [0.05, 0.1) is 6.61 Å².